The first-order valence-electron chi connectivity index (χ1n) is 9.96. The highest BCUT2D eigenvalue weighted by molar-refractivity contribution is 6.09. The van der Waals surface area contributed by atoms with Crippen molar-refractivity contribution in [2.24, 2.45) is 0 Å². The van der Waals surface area contributed by atoms with Crippen LogP contribution in [0.3, 0.4) is 0 Å². The molecule has 150 valence electrons. The first-order valence-corrected chi connectivity index (χ1v) is 9.96. The van der Waals surface area contributed by atoms with Crippen LogP contribution in [-0.2, 0) is 9.59 Å². The number of hydrogen-bond donors (Lipinski definition) is 0. The van der Waals surface area contributed by atoms with Gasteiger partial charge in [0.05, 0.1) is 12.5 Å². The van der Waals surface area contributed by atoms with Gasteiger partial charge in [0.1, 0.15) is 0 Å². The first kappa shape index (κ1) is 19.3. The maximum atomic E-state index is 12.5. The molecule has 29 heavy (non-hydrogen) atoms. The zero-order valence-electron chi connectivity index (χ0n) is 16.5. The van der Waals surface area contributed by atoms with E-state index in [9.17, 15) is 14.4 Å². The number of imide groups is 1. The fraction of sp³-hybridized carbons (Fsp3) is 0.364. The lowest BCUT2D eigenvalue weighted by Crippen LogP contribution is -2.52. The molecule has 7 nitrogen and oxygen atoms in total. The smallest absolute Gasteiger partial charge is 0.247 e. The van der Waals surface area contributed by atoms with Crippen LogP contribution in [0.2, 0.25) is 0 Å². The van der Waals surface area contributed by atoms with E-state index in [4.69, 9.17) is 0 Å². The molecule has 0 N–H and O–H groups in total. The molecule has 4 rings (SSSR count). The van der Waals surface area contributed by atoms with Gasteiger partial charge in [-0.05, 0) is 43.3 Å². The van der Waals surface area contributed by atoms with E-state index in [1.807, 2.05) is 31.2 Å². The van der Waals surface area contributed by atoms with Crippen LogP contribution in [0.1, 0.15) is 29.3 Å². The quantitative estimate of drug-likeness (QED) is 0.568. The summed E-state index contributed by atoms with van der Waals surface area (Å²) in [5, 5.41) is 0. The molecule has 2 fully saturated rings. The Labute approximate surface area is 169 Å². The maximum Gasteiger partial charge on any atom is 0.247 e. The summed E-state index contributed by atoms with van der Waals surface area (Å²) in [4.78, 5) is 46.6. The Morgan fingerprint density at radius 2 is 1.59 bits per heavy atom. The fourth-order valence-electron chi connectivity index (χ4n) is 4.07. The summed E-state index contributed by atoms with van der Waals surface area (Å²) in [6.45, 7) is 5.30. The van der Waals surface area contributed by atoms with Crippen molar-refractivity contribution in [3.63, 3.8) is 0 Å². The second-order valence-electron chi connectivity index (χ2n) is 7.33. The van der Waals surface area contributed by atoms with Gasteiger partial charge < -0.3 is 4.90 Å². The molecule has 2 aliphatic rings. The number of likely N-dealkylation sites (N-methyl/N-ethyl adjacent to an activating group) is 1. The van der Waals surface area contributed by atoms with Gasteiger partial charge in [-0.1, -0.05) is 0 Å². The van der Waals surface area contributed by atoms with Crippen molar-refractivity contribution in [1.29, 1.82) is 0 Å². The maximum absolute atomic E-state index is 12.5. The molecule has 2 amide bonds. The number of benzene rings is 1. The molecular weight excluding hydrogens is 368 g/mol. The normalized spacial score (nSPS) is 20.4. The highest BCUT2D eigenvalue weighted by Gasteiger charge is 2.41. The molecule has 0 radical (unpaired) electrons. The number of anilines is 1. The average Bonchev–Trinajstić information content (AvgIpc) is 3.07. The van der Waals surface area contributed by atoms with Gasteiger partial charge in [-0.25, -0.2) is 0 Å². The zero-order chi connectivity index (χ0) is 20.4. The van der Waals surface area contributed by atoms with E-state index in [-0.39, 0.29) is 23.6 Å². The molecular formula is C22H24N4O3. The van der Waals surface area contributed by atoms with Gasteiger partial charge in [0.2, 0.25) is 11.8 Å². The lowest BCUT2D eigenvalue weighted by atomic mass is 10.0. The molecule has 1 atom stereocenters. The summed E-state index contributed by atoms with van der Waals surface area (Å²) in [6, 6.07) is 10.7. The zero-order valence-corrected chi connectivity index (χ0v) is 16.5. The van der Waals surface area contributed by atoms with Crippen molar-refractivity contribution in [2.45, 2.75) is 19.4 Å². The Balaban J connectivity index is 1.37. The van der Waals surface area contributed by atoms with Crippen molar-refractivity contribution in [2.75, 3.05) is 37.6 Å². The minimum absolute atomic E-state index is 0.0198. The number of hydrogen-bond acceptors (Lipinski definition) is 6. The number of amides is 2. The molecule has 0 aliphatic carbocycles. The lowest BCUT2D eigenvalue weighted by molar-refractivity contribution is -0.139. The Kier molecular flexibility index (Phi) is 5.40. The lowest BCUT2D eigenvalue weighted by Gasteiger charge is -2.38. The standard InChI is InChI=1S/C22H24N4O3/c1-2-26-20(27)15-19(22(26)29)25-13-11-24(12-14-25)18-5-3-16(4-6-18)21(28)17-7-9-23-10-8-17/h3-10,19H,2,11-15H2,1H3/t19-/m1/s1. The molecule has 1 aromatic heterocycles. The first-order chi connectivity index (χ1) is 14.1. The van der Waals surface area contributed by atoms with Crippen molar-refractivity contribution in [3.05, 3.63) is 59.9 Å². The van der Waals surface area contributed by atoms with E-state index in [1.54, 1.807) is 24.5 Å². The van der Waals surface area contributed by atoms with Crippen molar-refractivity contribution in [3.8, 4) is 0 Å². The summed E-state index contributed by atoms with van der Waals surface area (Å²) in [6.07, 6.45) is 3.52. The Morgan fingerprint density at radius 3 is 2.17 bits per heavy atom. The van der Waals surface area contributed by atoms with Gasteiger partial charge in [0, 0.05) is 61.9 Å². The molecule has 0 saturated carbocycles. The average molecular weight is 392 g/mol. The predicted molar refractivity (Wildman–Crippen MR) is 109 cm³/mol. The van der Waals surface area contributed by atoms with Crippen LogP contribution in [0.4, 0.5) is 5.69 Å². The fourth-order valence-corrected chi connectivity index (χ4v) is 4.07. The van der Waals surface area contributed by atoms with Crippen molar-refractivity contribution >= 4 is 23.3 Å². The third kappa shape index (κ3) is 3.78. The number of pyridine rings is 1. The molecule has 2 aliphatic heterocycles. The molecule has 7 heteroatoms. The van der Waals surface area contributed by atoms with E-state index < -0.39 is 0 Å². The number of aromatic nitrogens is 1. The topological polar surface area (TPSA) is 73.8 Å². The molecule has 0 bridgehead atoms. The van der Waals surface area contributed by atoms with E-state index >= 15 is 0 Å². The van der Waals surface area contributed by atoms with Crippen LogP contribution < -0.4 is 4.90 Å². The van der Waals surface area contributed by atoms with Crippen LogP contribution in [0.5, 0.6) is 0 Å². The number of carbonyl (C=O) groups is 3. The number of ketones is 1. The van der Waals surface area contributed by atoms with Crippen molar-refractivity contribution < 1.29 is 14.4 Å². The number of piperazine rings is 1. The minimum Gasteiger partial charge on any atom is -0.369 e. The molecule has 2 aromatic rings. The third-order valence-corrected chi connectivity index (χ3v) is 5.73. The monoisotopic (exact) mass is 392 g/mol. The molecule has 3 heterocycles. The van der Waals surface area contributed by atoms with Gasteiger partial charge in [-0.3, -0.25) is 29.2 Å². The third-order valence-electron chi connectivity index (χ3n) is 5.73. The van der Waals surface area contributed by atoms with Gasteiger partial charge in [-0.2, -0.15) is 0 Å². The number of carbonyl (C=O) groups excluding carboxylic acids is 3. The number of rotatable bonds is 5. The summed E-state index contributed by atoms with van der Waals surface area (Å²) in [7, 11) is 0. The summed E-state index contributed by atoms with van der Waals surface area (Å²) in [5.41, 5.74) is 2.33. The van der Waals surface area contributed by atoms with E-state index in [2.05, 4.69) is 14.8 Å². The Hall–Kier alpha value is -3.06. The second-order valence-corrected chi connectivity index (χ2v) is 7.33. The number of nitrogens with zero attached hydrogens (tertiary/aromatic N) is 4. The van der Waals surface area contributed by atoms with E-state index in [0.717, 1.165) is 31.9 Å². The summed E-state index contributed by atoms with van der Waals surface area (Å²) in [5.74, 6) is -0.155. The Morgan fingerprint density at radius 1 is 0.966 bits per heavy atom. The predicted octanol–water partition coefficient (Wildman–Crippen LogP) is 1.58. The Bertz CT molecular complexity index is 905. The molecule has 0 spiro atoms. The van der Waals surface area contributed by atoms with Crippen LogP contribution in [0.15, 0.2) is 48.8 Å². The van der Waals surface area contributed by atoms with Crippen LogP contribution in [0, 0.1) is 0 Å². The number of likely N-dealkylation sites (tertiary alicyclic amines) is 1. The summed E-state index contributed by atoms with van der Waals surface area (Å²) >= 11 is 0. The molecule has 1 aromatic carbocycles. The molecule has 0 unspecified atom stereocenters. The van der Waals surface area contributed by atoms with Gasteiger partial charge in [0.25, 0.3) is 0 Å². The van der Waals surface area contributed by atoms with Crippen LogP contribution in [-0.4, -0.2) is 71.1 Å². The highest BCUT2D eigenvalue weighted by Crippen LogP contribution is 2.23. The highest BCUT2D eigenvalue weighted by atomic mass is 16.2. The van der Waals surface area contributed by atoms with Gasteiger partial charge in [-0.15, -0.1) is 0 Å². The largest absolute Gasteiger partial charge is 0.369 e. The minimum atomic E-state index is -0.315. The molecule has 2 saturated heterocycles. The van der Waals surface area contributed by atoms with Crippen molar-refractivity contribution in [1.82, 2.24) is 14.8 Å². The second kappa shape index (κ2) is 8.13. The van der Waals surface area contributed by atoms with Gasteiger partial charge in [0.15, 0.2) is 5.78 Å². The van der Waals surface area contributed by atoms with E-state index in [0.29, 0.717) is 24.1 Å². The SMILES string of the molecule is CCN1C(=O)C[C@@H](N2CCN(c3ccc(C(=O)c4ccncc4)cc3)CC2)C1=O. The van der Waals surface area contributed by atoms with E-state index in [1.165, 1.54) is 4.90 Å². The van der Waals surface area contributed by atoms with Crippen LogP contribution >= 0.6 is 0 Å². The summed E-state index contributed by atoms with van der Waals surface area (Å²) < 4.78 is 0. The van der Waals surface area contributed by atoms with Gasteiger partial charge >= 0.3 is 0 Å². The van der Waals surface area contributed by atoms with Crippen LogP contribution in [0.25, 0.3) is 0 Å².